The first-order valence-corrected chi connectivity index (χ1v) is 7.14. The summed E-state index contributed by atoms with van der Waals surface area (Å²) < 4.78 is 10.3. The van der Waals surface area contributed by atoms with Gasteiger partial charge in [0, 0.05) is 31.4 Å². The fraction of sp³-hybridized carbons (Fsp3) is 0.533. The van der Waals surface area contributed by atoms with Gasteiger partial charge in [0.15, 0.2) is 5.75 Å². The van der Waals surface area contributed by atoms with E-state index in [1.54, 1.807) is 0 Å². The first kappa shape index (κ1) is 17.9. The van der Waals surface area contributed by atoms with Crippen LogP contribution in [0.25, 0.3) is 0 Å². The van der Waals surface area contributed by atoms with Crippen LogP contribution in [0.3, 0.4) is 0 Å². The first-order valence-electron chi connectivity index (χ1n) is 7.14. The van der Waals surface area contributed by atoms with Crippen LogP contribution in [-0.2, 0) is 4.74 Å². The lowest BCUT2D eigenvalue weighted by Gasteiger charge is -2.08. The average molecular weight is 310 g/mol. The van der Waals surface area contributed by atoms with E-state index in [2.05, 4.69) is 19.2 Å². The van der Waals surface area contributed by atoms with Crippen LogP contribution in [0, 0.1) is 16.0 Å². The van der Waals surface area contributed by atoms with Crippen molar-refractivity contribution >= 4 is 11.6 Å². The lowest BCUT2D eigenvalue weighted by Crippen LogP contribution is -2.25. The summed E-state index contributed by atoms with van der Waals surface area (Å²) in [4.78, 5) is 22.3. The number of ether oxygens (including phenoxy) is 2. The number of carbonyl (C=O) groups excluding carboxylic acids is 1. The molecular weight excluding hydrogens is 288 g/mol. The van der Waals surface area contributed by atoms with Crippen molar-refractivity contribution < 1.29 is 19.2 Å². The number of carbonyl (C=O) groups is 1. The topological polar surface area (TPSA) is 90.7 Å². The van der Waals surface area contributed by atoms with Crippen molar-refractivity contribution in [2.75, 3.05) is 26.9 Å². The number of nitro groups is 1. The standard InChI is InChI=1S/C15H22N2O5/c1-11(2)10-22-8-4-7-16-15(18)12-5-6-14(21-3)13(9-12)17(19)20/h5-6,9,11H,4,7-8,10H2,1-3H3,(H,16,18). The maximum absolute atomic E-state index is 11.9. The Morgan fingerprint density at radius 1 is 1.41 bits per heavy atom. The van der Waals surface area contributed by atoms with Gasteiger partial charge in [0.05, 0.1) is 12.0 Å². The van der Waals surface area contributed by atoms with Crippen LogP contribution in [0.4, 0.5) is 5.69 Å². The third-order valence-corrected chi connectivity index (χ3v) is 2.84. The number of nitrogens with zero attached hydrogens (tertiary/aromatic N) is 1. The Kier molecular flexibility index (Phi) is 7.31. The van der Waals surface area contributed by atoms with E-state index in [9.17, 15) is 14.9 Å². The third-order valence-electron chi connectivity index (χ3n) is 2.84. The molecule has 0 aliphatic rings. The Morgan fingerprint density at radius 2 is 2.14 bits per heavy atom. The molecule has 0 aliphatic carbocycles. The zero-order valence-corrected chi connectivity index (χ0v) is 13.1. The van der Waals surface area contributed by atoms with Crippen molar-refractivity contribution in [3.63, 3.8) is 0 Å². The highest BCUT2D eigenvalue weighted by atomic mass is 16.6. The van der Waals surface area contributed by atoms with Gasteiger partial charge in [-0.25, -0.2) is 0 Å². The van der Waals surface area contributed by atoms with Crippen molar-refractivity contribution in [1.29, 1.82) is 0 Å². The Bertz CT molecular complexity index is 517. The van der Waals surface area contributed by atoms with Crippen molar-refractivity contribution in [1.82, 2.24) is 5.32 Å². The molecule has 7 nitrogen and oxygen atoms in total. The maximum Gasteiger partial charge on any atom is 0.311 e. The van der Waals surface area contributed by atoms with Crippen molar-refractivity contribution in [3.05, 3.63) is 33.9 Å². The number of hydrogen-bond donors (Lipinski definition) is 1. The SMILES string of the molecule is COc1ccc(C(=O)NCCCOCC(C)C)cc1[N+](=O)[O-]. The van der Waals surface area contributed by atoms with Crippen LogP contribution >= 0.6 is 0 Å². The predicted molar refractivity (Wildman–Crippen MR) is 82.3 cm³/mol. The van der Waals surface area contributed by atoms with Gasteiger partial charge < -0.3 is 14.8 Å². The maximum atomic E-state index is 11.9. The fourth-order valence-electron chi connectivity index (χ4n) is 1.77. The molecule has 0 fully saturated rings. The summed E-state index contributed by atoms with van der Waals surface area (Å²) in [6, 6.07) is 4.12. The first-order chi connectivity index (χ1) is 10.5. The van der Waals surface area contributed by atoms with Gasteiger partial charge in [0.2, 0.25) is 0 Å². The monoisotopic (exact) mass is 310 g/mol. The van der Waals surface area contributed by atoms with Gasteiger partial charge in [-0.3, -0.25) is 14.9 Å². The highest BCUT2D eigenvalue weighted by Crippen LogP contribution is 2.27. The van der Waals surface area contributed by atoms with E-state index in [0.29, 0.717) is 32.1 Å². The molecule has 0 aromatic heterocycles. The molecule has 1 aromatic carbocycles. The molecule has 0 aliphatic heterocycles. The second-order valence-corrected chi connectivity index (χ2v) is 5.22. The molecule has 0 atom stereocenters. The number of benzene rings is 1. The highest BCUT2D eigenvalue weighted by Gasteiger charge is 2.17. The molecule has 0 unspecified atom stereocenters. The molecule has 0 bridgehead atoms. The number of rotatable bonds is 9. The normalized spacial score (nSPS) is 10.5. The largest absolute Gasteiger partial charge is 0.490 e. The van der Waals surface area contributed by atoms with E-state index in [4.69, 9.17) is 9.47 Å². The van der Waals surface area contributed by atoms with Gasteiger partial charge in [-0.05, 0) is 24.5 Å². The van der Waals surface area contributed by atoms with Gasteiger partial charge in [-0.1, -0.05) is 13.8 Å². The quantitative estimate of drug-likeness (QED) is 0.429. The van der Waals surface area contributed by atoms with Gasteiger partial charge in [-0.2, -0.15) is 0 Å². The number of nitrogens with one attached hydrogen (secondary N) is 1. The molecule has 0 heterocycles. The molecule has 1 rings (SSSR count). The van der Waals surface area contributed by atoms with Gasteiger partial charge in [0.25, 0.3) is 5.91 Å². The smallest absolute Gasteiger partial charge is 0.311 e. The second-order valence-electron chi connectivity index (χ2n) is 5.22. The zero-order valence-electron chi connectivity index (χ0n) is 13.1. The molecule has 0 saturated carbocycles. The molecule has 0 saturated heterocycles. The van der Waals surface area contributed by atoms with E-state index in [0.717, 1.165) is 0 Å². The van der Waals surface area contributed by atoms with E-state index in [1.807, 2.05) is 0 Å². The lowest BCUT2D eigenvalue weighted by atomic mass is 10.1. The number of amides is 1. The summed E-state index contributed by atoms with van der Waals surface area (Å²) in [6.07, 6.45) is 0.691. The summed E-state index contributed by atoms with van der Waals surface area (Å²) in [7, 11) is 1.35. The molecule has 0 spiro atoms. The minimum absolute atomic E-state index is 0.128. The van der Waals surface area contributed by atoms with Crippen LogP contribution < -0.4 is 10.1 Å². The van der Waals surface area contributed by atoms with Crippen LogP contribution in [0.2, 0.25) is 0 Å². The summed E-state index contributed by atoms with van der Waals surface area (Å²) >= 11 is 0. The lowest BCUT2D eigenvalue weighted by molar-refractivity contribution is -0.385. The number of methoxy groups -OCH3 is 1. The van der Waals surface area contributed by atoms with E-state index < -0.39 is 4.92 Å². The molecule has 1 amide bonds. The van der Waals surface area contributed by atoms with Crippen LogP contribution in [0.15, 0.2) is 18.2 Å². The minimum Gasteiger partial charge on any atom is -0.490 e. The van der Waals surface area contributed by atoms with Crippen LogP contribution in [-0.4, -0.2) is 37.7 Å². The molecule has 122 valence electrons. The van der Waals surface area contributed by atoms with Crippen molar-refractivity contribution in [3.8, 4) is 5.75 Å². The Hall–Kier alpha value is -2.15. The average Bonchev–Trinajstić information content (AvgIpc) is 2.49. The van der Waals surface area contributed by atoms with Gasteiger partial charge in [-0.15, -0.1) is 0 Å². The van der Waals surface area contributed by atoms with E-state index in [1.165, 1.54) is 25.3 Å². The molecule has 1 aromatic rings. The number of nitro benzene ring substituents is 1. The van der Waals surface area contributed by atoms with Gasteiger partial charge >= 0.3 is 5.69 Å². The van der Waals surface area contributed by atoms with E-state index >= 15 is 0 Å². The number of hydrogen-bond acceptors (Lipinski definition) is 5. The second kappa shape index (κ2) is 8.99. The van der Waals surface area contributed by atoms with Crippen molar-refractivity contribution in [2.45, 2.75) is 20.3 Å². The molecular formula is C15H22N2O5. The summed E-state index contributed by atoms with van der Waals surface area (Å²) in [6.45, 7) is 5.85. The molecule has 7 heteroatoms. The Balaban J connectivity index is 2.49. The predicted octanol–water partition coefficient (Wildman–Crippen LogP) is 2.40. The third kappa shape index (κ3) is 5.69. The minimum atomic E-state index is -0.574. The van der Waals surface area contributed by atoms with Gasteiger partial charge in [0.1, 0.15) is 0 Å². The molecule has 0 radical (unpaired) electrons. The fourth-order valence-corrected chi connectivity index (χ4v) is 1.77. The Morgan fingerprint density at radius 3 is 2.73 bits per heavy atom. The van der Waals surface area contributed by atoms with Crippen molar-refractivity contribution in [2.24, 2.45) is 5.92 Å². The molecule has 22 heavy (non-hydrogen) atoms. The van der Waals surface area contributed by atoms with E-state index in [-0.39, 0.29) is 22.9 Å². The summed E-state index contributed by atoms with van der Waals surface area (Å²) in [5.74, 6) is 0.257. The summed E-state index contributed by atoms with van der Waals surface area (Å²) in [5.41, 5.74) is 0.00557. The highest BCUT2D eigenvalue weighted by molar-refractivity contribution is 5.95. The molecule has 1 N–H and O–H groups in total. The zero-order chi connectivity index (χ0) is 16.5. The van der Waals surface area contributed by atoms with Crippen LogP contribution in [0.5, 0.6) is 5.75 Å². The summed E-state index contributed by atoms with van der Waals surface area (Å²) in [5, 5.41) is 13.6. The van der Waals surface area contributed by atoms with Crippen LogP contribution in [0.1, 0.15) is 30.6 Å². The Labute approximate surface area is 129 Å².